The van der Waals surface area contributed by atoms with E-state index in [4.69, 9.17) is 11.6 Å². The number of halogens is 2. The van der Waals surface area contributed by atoms with E-state index < -0.39 is 5.82 Å². The lowest BCUT2D eigenvalue weighted by Crippen LogP contribution is -2.20. The Hall–Kier alpha value is -1.46. The molecule has 1 aromatic carbocycles. The number of nitrogens with one attached hydrogen (secondary N) is 1. The SMILES string of the molecule is CNC(c1ccc(F)c(Cl)c1)c1cnnn1C. The summed E-state index contributed by atoms with van der Waals surface area (Å²) in [5.74, 6) is -0.423. The lowest BCUT2D eigenvalue weighted by Gasteiger charge is -2.16. The van der Waals surface area contributed by atoms with Gasteiger partial charge < -0.3 is 5.32 Å². The Morgan fingerprint density at radius 1 is 1.47 bits per heavy atom. The van der Waals surface area contributed by atoms with Crippen molar-refractivity contribution in [1.82, 2.24) is 20.3 Å². The van der Waals surface area contributed by atoms with E-state index in [0.717, 1.165) is 11.3 Å². The van der Waals surface area contributed by atoms with Crippen LogP contribution >= 0.6 is 11.6 Å². The quantitative estimate of drug-likeness (QED) is 0.910. The summed E-state index contributed by atoms with van der Waals surface area (Å²) in [6, 6.07) is 4.53. The zero-order valence-corrected chi connectivity index (χ0v) is 10.2. The topological polar surface area (TPSA) is 42.7 Å². The van der Waals surface area contributed by atoms with Crippen molar-refractivity contribution in [2.45, 2.75) is 6.04 Å². The molecule has 0 aliphatic heterocycles. The van der Waals surface area contributed by atoms with Gasteiger partial charge in [-0.05, 0) is 24.7 Å². The number of rotatable bonds is 3. The molecular weight excluding hydrogens is 243 g/mol. The molecule has 4 nitrogen and oxygen atoms in total. The molecule has 2 rings (SSSR count). The van der Waals surface area contributed by atoms with Crippen LogP contribution in [0.5, 0.6) is 0 Å². The Morgan fingerprint density at radius 2 is 2.24 bits per heavy atom. The molecule has 90 valence electrons. The molecule has 6 heteroatoms. The van der Waals surface area contributed by atoms with Gasteiger partial charge in [0.15, 0.2) is 0 Å². The normalized spacial score (nSPS) is 12.7. The van der Waals surface area contributed by atoms with Crippen LogP contribution in [0, 0.1) is 5.82 Å². The van der Waals surface area contributed by atoms with Gasteiger partial charge in [-0.15, -0.1) is 5.10 Å². The van der Waals surface area contributed by atoms with E-state index in [9.17, 15) is 4.39 Å². The van der Waals surface area contributed by atoms with Crippen molar-refractivity contribution >= 4 is 11.6 Å². The fourth-order valence-corrected chi connectivity index (χ4v) is 1.93. The summed E-state index contributed by atoms with van der Waals surface area (Å²) in [6.07, 6.45) is 1.67. The predicted molar refractivity (Wildman–Crippen MR) is 63.3 cm³/mol. The van der Waals surface area contributed by atoms with Gasteiger partial charge in [0.1, 0.15) is 5.82 Å². The molecule has 0 bridgehead atoms. The number of nitrogens with zero attached hydrogens (tertiary/aromatic N) is 3. The minimum atomic E-state index is -0.423. The number of aromatic nitrogens is 3. The van der Waals surface area contributed by atoms with Gasteiger partial charge in [-0.2, -0.15) is 0 Å². The van der Waals surface area contributed by atoms with Crippen molar-refractivity contribution in [2.75, 3.05) is 7.05 Å². The third-order valence-corrected chi connectivity index (χ3v) is 2.90. The van der Waals surface area contributed by atoms with Gasteiger partial charge in [-0.25, -0.2) is 4.39 Å². The second-order valence-corrected chi connectivity index (χ2v) is 4.08. The number of hydrogen-bond acceptors (Lipinski definition) is 3. The minimum Gasteiger partial charge on any atom is -0.308 e. The van der Waals surface area contributed by atoms with Gasteiger partial charge in [-0.1, -0.05) is 22.9 Å². The molecule has 1 heterocycles. The van der Waals surface area contributed by atoms with Crippen LogP contribution < -0.4 is 5.32 Å². The van der Waals surface area contributed by atoms with Gasteiger partial charge in [0, 0.05) is 7.05 Å². The summed E-state index contributed by atoms with van der Waals surface area (Å²) >= 11 is 5.78. The molecule has 1 N–H and O–H groups in total. The van der Waals surface area contributed by atoms with Crippen LogP contribution in [0.2, 0.25) is 5.02 Å². The summed E-state index contributed by atoms with van der Waals surface area (Å²) < 4.78 is 14.8. The molecule has 1 unspecified atom stereocenters. The Morgan fingerprint density at radius 3 is 2.76 bits per heavy atom. The highest BCUT2D eigenvalue weighted by atomic mass is 35.5. The fraction of sp³-hybridized carbons (Fsp3) is 0.273. The molecule has 1 atom stereocenters. The zero-order chi connectivity index (χ0) is 12.4. The molecule has 0 radical (unpaired) electrons. The Bertz CT molecular complexity index is 526. The van der Waals surface area contributed by atoms with Crippen LogP contribution in [0.3, 0.4) is 0 Å². The third-order valence-electron chi connectivity index (χ3n) is 2.61. The average Bonchev–Trinajstić information content (AvgIpc) is 2.71. The first-order chi connectivity index (χ1) is 8.13. The van der Waals surface area contributed by atoms with Crippen molar-refractivity contribution in [3.05, 3.63) is 46.5 Å². The molecule has 0 amide bonds. The van der Waals surface area contributed by atoms with Gasteiger partial charge in [-0.3, -0.25) is 4.68 Å². The van der Waals surface area contributed by atoms with Crippen LogP contribution in [-0.2, 0) is 7.05 Å². The standard InChI is InChI=1S/C11H12ClFN4/c1-14-11(10-6-15-16-17(10)2)7-3-4-9(13)8(12)5-7/h3-6,11,14H,1-2H3. The Balaban J connectivity index is 2.42. The highest BCUT2D eigenvalue weighted by Gasteiger charge is 2.17. The molecule has 0 saturated carbocycles. The van der Waals surface area contributed by atoms with E-state index in [1.807, 2.05) is 7.05 Å². The minimum absolute atomic E-state index is 0.109. The highest BCUT2D eigenvalue weighted by Crippen LogP contribution is 2.24. The lowest BCUT2D eigenvalue weighted by atomic mass is 10.0. The molecule has 1 aromatic heterocycles. The smallest absolute Gasteiger partial charge is 0.141 e. The maximum absolute atomic E-state index is 13.1. The number of benzene rings is 1. The van der Waals surface area contributed by atoms with Crippen molar-refractivity contribution < 1.29 is 4.39 Å². The van der Waals surface area contributed by atoms with E-state index in [2.05, 4.69) is 15.6 Å². The molecule has 17 heavy (non-hydrogen) atoms. The first-order valence-electron chi connectivity index (χ1n) is 5.10. The molecule has 0 spiro atoms. The molecule has 0 fully saturated rings. The Labute approximate surface area is 103 Å². The summed E-state index contributed by atoms with van der Waals surface area (Å²) in [5.41, 5.74) is 1.75. The third kappa shape index (κ3) is 2.30. The predicted octanol–water partition coefficient (Wildman–Crippen LogP) is 1.92. The van der Waals surface area contributed by atoms with Gasteiger partial charge >= 0.3 is 0 Å². The van der Waals surface area contributed by atoms with Crippen molar-refractivity contribution in [3.63, 3.8) is 0 Å². The van der Waals surface area contributed by atoms with E-state index in [0.29, 0.717) is 0 Å². The largest absolute Gasteiger partial charge is 0.308 e. The van der Waals surface area contributed by atoms with E-state index in [1.54, 1.807) is 30.1 Å². The van der Waals surface area contributed by atoms with Crippen LogP contribution in [0.4, 0.5) is 4.39 Å². The molecular formula is C11H12ClFN4. The van der Waals surface area contributed by atoms with E-state index in [1.165, 1.54) is 6.07 Å². The number of hydrogen-bond donors (Lipinski definition) is 1. The fourth-order valence-electron chi connectivity index (χ4n) is 1.74. The van der Waals surface area contributed by atoms with Crippen molar-refractivity contribution in [3.8, 4) is 0 Å². The van der Waals surface area contributed by atoms with Gasteiger partial charge in [0.25, 0.3) is 0 Å². The summed E-state index contributed by atoms with van der Waals surface area (Å²) in [4.78, 5) is 0. The van der Waals surface area contributed by atoms with Gasteiger partial charge in [0.05, 0.1) is 23.0 Å². The molecule has 0 saturated heterocycles. The summed E-state index contributed by atoms with van der Waals surface area (Å²) in [5, 5.41) is 10.9. The lowest BCUT2D eigenvalue weighted by molar-refractivity contribution is 0.593. The highest BCUT2D eigenvalue weighted by molar-refractivity contribution is 6.30. The summed E-state index contributed by atoms with van der Waals surface area (Å²) in [7, 11) is 3.62. The van der Waals surface area contributed by atoms with Gasteiger partial charge in [0.2, 0.25) is 0 Å². The zero-order valence-electron chi connectivity index (χ0n) is 9.48. The summed E-state index contributed by atoms with van der Waals surface area (Å²) in [6.45, 7) is 0. The second-order valence-electron chi connectivity index (χ2n) is 3.68. The van der Waals surface area contributed by atoms with Crippen LogP contribution in [0.15, 0.2) is 24.4 Å². The second kappa shape index (κ2) is 4.81. The Kier molecular flexibility index (Phi) is 3.40. The molecule has 2 aromatic rings. The van der Waals surface area contributed by atoms with E-state index >= 15 is 0 Å². The monoisotopic (exact) mass is 254 g/mol. The average molecular weight is 255 g/mol. The maximum atomic E-state index is 13.1. The van der Waals surface area contributed by atoms with Crippen molar-refractivity contribution in [2.24, 2.45) is 7.05 Å². The molecule has 0 aliphatic rings. The number of aryl methyl sites for hydroxylation is 1. The van der Waals surface area contributed by atoms with E-state index in [-0.39, 0.29) is 11.1 Å². The first-order valence-corrected chi connectivity index (χ1v) is 5.48. The van der Waals surface area contributed by atoms with Crippen LogP contribution in [0.1, 0.15) is 17.3 Å². The maximum Gasteiger partial charge on any atom is 0.141 e. The van der Waals surface area contributed by atoms with Crippen molar-refractivity contribution in [1.29, 1.82) is 0 Å². The molecule has 0 aliphatic carbocycles. The first kappa shape index (κ1) is 12.0. The van der Waals surface area contributed by atoms with Crippen LogP contribution in [-0.4, -0.2) is 22.0 Å². The van der Waals surface area contributed by atoms with Crippen LogP contribution in [0.25, 0.3) is 0 Å².